The molecule has 2 N–H and O–H groups in total. The Kier molecular flexibility index (Phi) is 5.13. The number of halogens is 1. The van der Waals surface area contributed by atoms with Crippen LogP contribution in [0.15, 0.2) is 48.5 Å². The number of H-pyrrole nitrogens is 1. The third-order valence-corrected chi connectivity index (χ3v) is 4.92. The summed E-state index contributed by atoms with van der Waals surface area (Å²) < 4.78 is 0.872. The molecule has 4 nitrogen and oxygen atoms in total. The molecule has 0 aliphatic rings. The summed E-state index contributed by atoms with van der Waals surface area (Å²) in [6, 6.07) is 15.8. The lowest BCUT2D eigenvalue weighted by Gasteiger charge is -2.27. The molecule has 1 unspecified atom stereocenters. The summed E-state index contributed by atoms with van der Waals surface area (Å²) in [7, 11) is 0. The van der Waals surface area contributed by atoms with Crippen LogP contribution >= 0.6 is 22.6 Å². The molecule has 0 saturated heterocycles. The Morgan fingerprint density at radius 2 is 1.92 bits per heavy atom. The van der Waals surface area contributed by atoms with E-state index >= 15 is 0 Å². The molecule has 0 radical (unpaired) electrons. The molecule has 0 spiro atoms. The molecule has 1 heterocycles. The number of benzene rings is 2. The first kappa shape index (κ1) is 17.9. The molecule has 25 heavy (non-hydrogen) atoms. The number of carbonyl (C=O) groups excluding carboxylic acids is 1. The van der Waals surface area contributed by atoms with E-state index in [1.807, 2.05) is 36.4 Å². The van der Waals surface area contributed by atoms with Gasteiger partial charge in [0.15, 0.2) is 0 Å². The van der Waals surface area contributed by atoms with Crippen molar-refractivity contribution in [2.75, 3.05) is 0 Å². The van der Waals surface area contributed by atoms with Crippen molar-refractivity contribution >= 4 is 39.4 Å². The van der Waals surface area contributed by atoms with Crippen LogP contribution in [-0.2, 0) is 0 Å². The first-order valence-electron chi connectivity index (χ1n) is 8.33. The minimum atomic E-state index is -0.0583. The highest BCUT2D eigenvalue weighted by atomic mass is 127. The van der Waals surface area contributed by atoms with Crippen LogP contribution in [-0.4, -0.2) is 16.1 Å². The van der Waals surface area contributed by atoms with Crippen molar-refractivity contribution in [3.05, 3.63) is 63.4 Å². The van der Waals surface area contributed by atoms with Crippen LogP contribution < -0.4 is 5.32 Å². The van der Waals surface area contributed by atoms with Crippen LogP contribution in [0.4, 0.5) is 0 Å². The van der Waals surface area contributed by atoms with Gasteiger partial charge >= 0.3 is 0 Å². The number of hydrogen-bond acceptors (Lipinski definition) is 2. The van der Waals surface area contributed by atoms with Gasteiger partial charge in [-0.15, -0.1) is 0 Å². The maximum absolute atomic E-state index is 12.8. The highest BCUT2D eigenvalue weighted by molar-refractivity contribution is 14.1. The van der Waals surface area contributed by atoms with E-state index < -0.39 is 0 Å². The van der Waals surface area contributed by atoms with Gasteiger partial charge in [0.2, 0.25) is 0 Å². The highest BCUT2D eigenvalue weighted by Gasteiger charge is 2.22. The zero-order valence-electron chi connectivity index (χ0n) is 14.6. The van der Waals surface area contributed by atoms with Gasteiger partial charge in [-0.1, -0.05) is 51.1 Å². The fourth-order valence-electron chi connectivity index (χ4n) is 2.91. The number of nitrogens with zero attached hydrogens (tertiary/aromatic N) is 1. The van der Waals surface area contributed by atoms with Gasteiger partial charge in [0.1, 0.15) is 3.70 Å². The summed E-state index contributed by atoms with van der Waals surface area (Å²) in [5, 5.41) is 11.3. The predicted molar refractivity (Wildman–Crippen MR) is 110 cm³/mol. The standard InChI is InChI=1S/C20H22IN3O/c1-20(2,3)12-17(13-7-5-4-6-8-13)22-19(25)14-9-10-16-15(11-14)18(21)24-23-16/h4-11,17H,12H2,1-3H3,(H,22,25)(H,23,24). The minimum absolute atomic E-state index is 0.0205. The van der Waals surface area contributed by atoms with Crippen LogP contribution in [0, 0.1) is 9.12 Å². The van der Waals surface area contributed by atoms with E-state index in [1.165, 1.54) is 0 Å². The van der Waals surface area contributed by atoms with E-state index in [1.54, 1.807) is 0 Å². The van der Waals surface area contributed by atoms with Gasteiger partial charge in [-0.25, -0.2) is 0 Å². The molecule has 0 saturated carbocycles. The molecular formula is C20H22IN3O. The number of fused-ring (bicyclic) bond motifs is 1. The largest absolute Gasteiger partial charge is 0.345 e. The van der Waals surface area contributed by atoms with Crippen LogP contribution in [0.25, 0.3) is 10.9 Å². The SMILES string of the molecule is CC(C)(C)CC(NC(=O)c1ccc2[nH]nc(I)c2c1)c1ccccc1. The van der Waals surface area contributed by atoms with Crippen molar-refractivity contribution in [1.82, 2.24) is 15.5 Å². The summed E-state index contributed by atoms with van der Waals surface area (Å²) in [6.45, 7) is 6.57. The van der Waals surface area contributed by atoms with E-state index in [0.717, 1.165) is 26.6 Å². The van der Waals surface area contributed by atoms with Crippen molar-refractivity contribution in [3.8, 4) is 0 Å². The number of carbonyl (C=O) groups is 1. The normalized spacial score (nSPS) is 13.0. The molecule has 3 aromatic rings. The molecule has 0 aliphatic heterocycles. The van der Waals surface area contributed by atoms with Gasteiger partial charge in [-0.05, 0) is 58.2 Å². The van der Waals surface area contributed by atoms with Crippen LogP contribution in [0.2, 0.25) is 0 Å². The molecule has 1 aromatic heterocycles. The van der Waals surface area contributed by atoms with Crippen LogP contribution in [0.1, 0.15) is 49.2 Å². The minimum Gasteiger partial charge on any atom is -0.345 e. The molecule has 3 rings (SSSR count). The molecule has 130 valence electrons. The summed E-state index contributed by atoms with van der Waals surface area (Å²) in [5.41, 5.74) is 2.83. The first-order chi connectivity index (χ1) is 11.8. The lowest BCUT2D eigenvalue weighted by molar-refractivity contribution is 0.0926. The molecule has 0 aliphatic carbocycles. The second-order valence-electron chi connectivity index (χ2n) is 7.48. The number of nitrogens with one attached hydrogen (secondary N) is 2. The van der Waals surface area contributed by atoms with Crippen molar-refractivity contribution < 1.29 is 4.79 Å². The topological polar surface area (TPSA) is 57.8 Å². The number of rotatable bonds is 4. The monoisotopic (exact) mass is 447 g/mol. The van der Waals surface area contributed by atoms with Crippen molar-refractivity contribution in [2.45, 2.75) is 33.2 Å². The number of aromatic nitrogens is 2. The third kappa shape index (κ3) is 4.39. The molecule has 2 aromatic carbocycles. The van der Waals surface area contributed by atoms with Crippen LogP contribution in [0.5, 0.6) is 0 Å². The van der Waals surface area contributed by atoms with Gasteiger partial charge in [0.25, 0.3) is 5.91 Å². The Bertz CT molecular complexity index is 881. The Hall–Kier alpha value is -1.89. The Labute approximate surface area is 161 Å². The average molecular weight is 447 g/mol. The Morgan fingerprint density at radius 1 is 1.20 bits per heavy atom. The zero-order valence-corrected chi connectivity index (χ0v) is 16.8. The zero-order chi connectivity index (χ0) is 18.0. The number of hydrogen-bond donors (Lipinski definition) is 2. The molecular weight excluding hydrogens is 425 g/mol. The van der Waals surface area contributed by atoms with E-state index in [-0.39, 0.29) is 17.4 Å². The quantitative estimate of drug-likeness (QED) is 0.549. The van der Waals surface area contributed by atoms with Crippen molar-refractivity contribution in [2.24, 2.45) is 5.41 Å². The van der Waals surface area contributed by atoms with Crippen molar-refractivity contribution in [1.29, 1.82) is 0 Å². The number of aromatic amines is 1. The lowest BCUT2D eigenvalue weighted by atomic mass is 9.85. The Morgan fingerprint density at radius 3 is 2.60 bits per heavy atom. The fourth-order valence-corrected chi connectivity index (χ4v) is 3.48. The summed E-state index contributed by atoms with van der Waals surface area (Å²) in [4.78, 5) is 12.8. The second kappa shape index (κ2) is 7.15. The summed E-state index contributed by atoms with van der Waals surface area (Å²) in [5.74, 6) is -0.0583. The van der Waals surface area contributed by atoms with E-state index in [0.29, 0.717) is 5.56 Å². The molecule has 0 fully saturated rings. The van der Waals surface area contributed by atoms with E-state index in [9.17, 15) is 4.79 Å². The molecule has 1 amide bonds. The van der Waals surface area contributed by atoms with Gasteiger partial charge in [-0.3, -0.25) is 9.89 Å². The van der Waals surface area contributed by atoms with Gasteiger partial charge in [-0.2, -0.15) is 5.10 Å². The number of amides is 1. The second-order valence-corrected chi connectivity index (χ2v) is 8.50. The third-order valence-electron chi connectivity index (χ3n) is 4.10. The van der Waals surface area contributed by atoms with Crippen molar-refractivity contribution in [3.63, 3.8) is 0 Å². The van der Waals surface area contributed by atoms with Gasteiger partial charge in [0.05, 0.1) is 11.6 Å². The molecule has 5 heteroatoms. The average Bonchev–Trinajstić information content (AvgIpc) is 2.94. The van der Waals surface area contributed by atoms with E-state index in [2.05, 4.69) is 71.0 Å². The molecule has 0 bridgehead atoms. The predicted octanol–water partition coefficient (Wildman–Crippen LogP) is 5.07. The highest BCUT2D eigenvalue weighted by Crippen LogP contribution is 2.30. The fraction of sp³-hybridized carbons (Fsp3) is 0.300. The first-order valence-corrected chi connectivity index (χ1v) is 9.41. The smallest absolute Gasteiger partial charge is 0.251 e. The van der Waals surface area contributed by atoms with E-state index in [4.69, 9.17) is 0 Å². The lowest BCUT2D eigenvalue weighted by Crippen LogP contribution is -2.31. The summed E-state index contributed by atoms with van der Waals surface area (Å²) >= 11 is 2.17. The van der Waals surface area contributed by atoms with Gasteiger partial charge in [0, 0.05) is 10.9 Å². The molecule has 1 atom stereocenters. The Balaban J connectivity index is 1.87. The summed E-state index contributed by atoms with van der Waals surface area (Å²) in [6.07, 6.45) is 0.869. The maximum atomic E-state index is 12.8. The van der Waals surface area contributed by atoms with Crippen LogP contribution in [0.3, 0.4) is 0 Å². The maximum Gasteiger partial charge on any atom is 0.251 e. The van der Waals surface area contributed by atoms with Gasteiger partial charge < -0.3 is 5.32 Å².